The molecular formula is C17H27N3. The molecule has 1 aromatic rings. The molecule has 0 saturated carbocycles. The number of nitrogens with one attached hydrogen (secondary N) is 1. The van der Waals surface area contributed by atoms with Crippen LogP contribution < -0.4 is 5.32 Å². The summed E-state index contributed by atoms with van der Waals surface area (Å²) in [6, 6.07) is 10.5. The Morgan fingerprint density at radius 2 is 1.80 bits per heavy atom. The van der Waals surface area contributed by atoms with Crippen LogP contribution in [0.25, 0.3) is 0 Å². The van der Waals surface area contributed by atoms with Crippen LogP contribution in [-0.2, 0) is 5.41 Å². The Morgan fingerprint density at radius 3 is 2.25 bits per heavy atom. The molecule has 110 valence electrons. The summed E-state index contributed by atoms with van der Waals surface area (Å²) in [6.07, 6.45) is 1.05. The molecule has 1 rings (SSSR count). The fourth-order valence-electron chi connectivity index (χ4n) is 2.06. The number of hydrogen-bond acceptors (Lipinski definition) is 3. The second-order valence-electron chi connectivity index (χ2n) is 6.55. The average Bonchev–Trinajstić information content (AvgIpc) is 2.38. The lowest BCUT2D eigenvalue weighted by Gasteiger charge is -2.20. The zero-order valence-corrected chi connectivity index (χ0v) is 13.4. The van der Waals surface area contributed by atoms with Gasteiger partial charge in [0.15, 0.2) is 0 Å². The van der Waals surface area contributed by atoms with E-state index in [2.05, 4.69) is 75.4 Å². The SMILES string of the molecule is CN(C)CCCNC(C#N)c1ccc(C(C)(C)C)cc1. The first-order valence-electron chi connectivity index (χ1n) is 7.23. The van der Waals surface area contributed by atoms with E-state index >= 15 is 0 Å². The normalized spacial score (nSPS) is 13.2. The van der Waals surface area contributed by atoms with Gasteiger partial charge in [0, 0.05) is 0 Å². The van der Waals surface area contributed by atoms with E-state index in [4.69, 9.17) is 0 Å². The Morgan fingerprint density at radius 1 is 1.20 bits per heavy atom. The highest BCUT2D eigenvalue weighted by Crippen LogP contribution is 2.23. The predicted molar refractivity (Wildman–Crippen MR) is 84.7 cm³/mol. The molecule has 0 spiro atoms. The van der Waals surface area contributed by atoms with E-state index < -0.39 is 0 Å². The van der Waals surface area contributed by atoms with E-state index in [1.165, 1.54) is 5.56 Å². The van der Waals surface area contributed by atoms with Gasteiger partial charge >= 0.3 is 0 Å². The van der Waals surface area contributed by atoms with Crippen molar-refractivity contribution in [3.05, 3.63) is 35.4 Å². The van der Waals surface area contributed by atoms with Crippen LogP contribution in [0.4, 0.5) is 0 Å². The molecule has 3 nitrogen and oxygen atoms in total. The molecule has 0 saturated heterocycles. The summed E-state index contributed by atoms with van der Waals surface area (Å²) in [5.41, 5.74) is 2.50. The van der Waals surface area contributed by atoms with Crippen molar-refractivity contribution < 1.29 is 0 Å². The standard InChI is InChI=1S/C17H27N3/c1-17(2,3)15-9-7-14(8-10-15)16(13-18)19-11-6-12-20(4)5/h7-10,16,19H,6,11-12H2,1-5H3. The maximum absolute atomic E-state index is 9.29. The lowest BCUT2D eigenvalue weighted by molar-refractivity contribution is 0.392. The van der Waals surface area contributed by atoms with Gasteiger partial charge in [0.05, 0.1) is 6.07 Å². The molecule has 0 amide bonds. The van der Waals surface area contributed by atoms with Crippen molar-refractivity contribution in [1.82, 2.24) is 10.2 Å². The van der Waals surface area contributed by atoms with Gasteiger partial charge in [-0.2, -0.15) is 5.26 Å². The minimum Gasteiger partial charge on any atom is -0.309 e. The molecular weight excluding hydrogens is 246 g/mol. The van der Waals surface area contributed by atoms with Gasteiger partial charge in [-0.05, 0) is 50.1 Å². The van der Waals surface area contributed by atoms with Crippen molar-refractivity contribution in [3.63, 3.8) is 0 Å². The van der Waals surface area contributed by atoms with Crippen LogP contribution >= 0.6 is 0 Å². The first-order chi connectivity index (χ1) is 9.34. The zero-order chi connectivity index (χ0) is 15.2. The van der Waals surface area contributed by atoms with E-state index in [1.54, 1.807) is 0 Å². The molecule has 3 heteroatoms. The highest BCUT2D eigenvalue weighted by Gasteiger charge is 2.15. The minimum absolute atomic E-state index is 0.153. The van der Waals surface area contributed by atoms with Crippen LogP contribution in [0.5, 0.6) is 0 Å². The Balaban J connectivity index is 2.60. The summed E-state index contributed by atoms with van der Waals surface area (Å²) < 4.78 is 0. The summed E-state index contributed by atoms with van der Waals surface area (Å²) >= 11 is 0. The van der Waals surface area contributed by atoms with Gasteiger partial charge in [-0.15, -0.1) is 0 Å². The third-order valence-corrected chi connectivity index (χ3v) is 3.37. The smallest absolute Gasteiger partial charge is 0.121 e. The van der Waals surface area contributed by atoms with Crippen LogP contribution in [0.15, 0.2) is 24.3 Å². The van der Waals surface area contributed by atoms with Crippen LogP contribution in [0, 0.1) is 11.3 Å². The van der Waals surface area contributed by atoms with Gasteiger partial charge < -0.3 is 4.90 Å². The lowest BCUT2D eigenvalue weighted by atomic mass is 9.86. The Hall–Kier alpha value is -1.37. The maximum atomic E-state index is 9.29. The molecule has 20 heavy (non-hydrogen) atoms. The summed E-state index contributed by atoms with van der Waals surface area (Å²) in [4.78, 5) is 2.15. The highest BCUT2D eigenvalue weighted by molar-refractivity contribution is 5.31. The minimum atomic E-state index is -0.216. The summed E-state index contributed by atoms with van der Waals surface area (Å²) in [7, 11) is 4.12. The van der Waals surface area contributed by atoms with Crippen molar-refractivity contribution in [3.8, 4) is 6.07 Å². The van der Waals surface area contributed by atoms with E-state index in [-0.39, 0.29) is 11.5 Å². The molecule has 1 N–H and O–H groups in total. The van der Waals surface area contributed by atoms with E-state index in [1.807, 2.05) is 0 Å². The number of benzene rings is 1. The van der Waals surface area contributed by atoms with Crippen LogP contribution in [0.1, 0.15) is 44.4 Å². The van der Waals surface area contributed by atoms with Crippen molar-refractivity contribution in [2.24, 2.45) is 0 Å². The topological polar surface area (TPSA) is 39.1 Å². The molecule has 0 heterocycles. The molecule has 0 fully saturated rings. The maximum Gasteiger partial charge on any atom is 0.121 e. The molecule has 0 aliphatic rings. The van der Waals surface area contributed by atoms with E-state index in [0.29, 0.717) is 0 Å². The van der Waals surface area contributed by atoms with Crippen LogP contribution in [-0.4, -0.2) is 32.1 Å². The highest BCUT2D eigenvalue weighted by atomic mass is 15.1. The average molecular weight is 273 g/mol. The summed E-state index contributed by atoms with van der Waals surface area (Å²) in [5, 5.41) is 12.6. The Labute approximate surface area is 123 Å². The molecule has 0 bridgehead atoms. The molecule has 1 atom stereocenters. The van der Waals surface area contributed by atoms with Crippen molar-refractivity contribution in [2.75, 3.05) is 27.2 Å². The van der Waals surface area contributed by atoms with Crippen LogP contribution in [0.2, 0.25) is 0 Å². The van der Waals surface area contributed by atoms with Crippen molar-refractivity contribution in [2.45, 2.75) is 38.6 Å². The second-order valence-corrected chi connectivity index (χ2v) is 6.55. The second kappa shape index (κ2) is 7.42. The predicted octanol–water partition coefficient (Wildman–Crippen LogP) is 3.09. The Bertz CT molecular complexity index is 435. The summed E-state index contributed by atoms with van der Waals surface area (Å²) in [6.45, 7) is 8.49. The van der Waals surface area contributed by atoms with Crippen molar-refractivity contribution in [1.29, 1.82) is 5.26 Å². The van der Waals surface area contributed by atoms with Gasteiger partial charge in [0.1, 0.15) is 6.04 Å². The van der Waals surface area contributed by atoms with Gasteiger partial charge in [-0.1, -0.05) is 45.0 Å². The third-order valence-electron chi connectivity index (χ3n) is 3.37. The monoisotopic (exact) mass is 273 g/mol. The van der Waals surface area contributed by atoms with Gasteiger partial charge in [-0.3, -0.25) is 5.32 Å². The number of nitriles is 1. The molecule has 0 aliphatic carbocycles. The Kier molecular flexibility index (Phi) is 6.19. The van der Waals surface area contributed by atoms with E-state index in [0.717, 1.165) is 25.1 Å². The van der Waals surface area contributed by atoms with Gasteiger partial charge in [0.2, 0.25) is 0 Å². The number of hydrogen-bond donors (Lipinski definition) is 1. The van der Waals surface area contributed by atoms with Crippen LogP contribution in [0.3, 0.4) is 0 Å². The number of rotatable bonds is 6. The van der Waals surface area contributed by atoms with Gasteiger partial charge in [0.25, 0.3) is 0 Å². The first kappa shape index (κ1) is 16.7. The van der Waals surface area contributed by atoms with E-state index in [9.17, 15) is 5.26 Å². The zero-order valence-electron chi connectivity index (χ0n) is 13.4. The molecule has 0 radical (unpaired) electrons. The lowest BCUT2D eigenvalue weighted by Crippen LogP contribution is -2.24. The quantitative estimate of drug-likeness (QED) is 0.810. The largest absolute Gasteiger partial charge is 0.309 e. The molecule has 1 aromatic carbocycles. The summed E-state index contributed by atoms with van der Waals surface area (Å²) in [5.74, 6) is 0. The fourth-order valence-corrected chi connectivity index (χ4v) is 2.06. The first-order valence-corrected chi connectivity index (χ1v) is 7.23. The number of nitrogens with zero attached hydrogens (tertiary/aromatic N) is 2. The molecule has 0 aliphatic heterocycles. The molecule has 1 unspecified atom stereocenters. The third kappa shape index (κ3) is 5.32. The fraction of sp³-hybridized carbons (Fsp3) is 0.588. The van der Waals surface area contributed by atoms with Gasteiger partial charge in [-0.25, -0.2) is 0 Å². The molecule has 0 aromatic heterocycles. The van der Waals surface area contributed by atoms with Crippen molar-refractivity contribution >= 4 is 0 Å².